The first-order chi connectivity index (χ1) is 15.0. The minimum Gasteiger partial charge on any atom is -0.508 e. The SMILES string of the molecule is O=C1OC2(c3ccc(O)cc3Oc3cc(O)ccc32)c2ccccc21.S=C=NN=C=S. The molecule has 0 aliphatic carbocycles. The Labute approximate surface area is 186 Å². The molecule has 5 rings (SSSR count). The van der Waals surface area contributed by atoms with Crippen molar-refractivity contribution in [2.75, 3.05) is 0 Å². The number of hydrogen-bond acceptors (Lipinski definition) is 9. The molecule has 0 amide bonds. The number of thiocarbonyl (C=S) groups is 2. The number of phenolic OH excluding ortho intramolecular Hbond substituents is 2. The van der Waals surface area contributed by atoms with E-state index in [1.165, 1.54) is 24.3 Å². The van der Waals surface area contributed by atoms with Crippen LogP contribution in [0.3, 0.4) is 0 Å². The number of phenols is 2. The van der Waals surface area contributed by atoms with E-state index < -0.39 is 11.6 Å². The molecule has 0 atom stereocenters. The van der Waals surface area contributed by atoms with Gasteiger partial charge in [0.2, 0.25) is 0 Å². The van der Waals surface area contributed by atoms with Gasteiger partial charge in [-0.05, 0) is 54.8 Å². The van der Waals surface area contributed by atoms with Gasteiger partial charge in [-0.1, -0.05) is 28.4 Å². The lowest BCUT2D eigenvalue weighted by molar-refractivity contribution is 0.0224. The Kier molecular flexibility index (Phi) is 5.33. The predicted molar refractivity (Wildman–Crippen MR) is 118 cm³/mol. The minimum atomic E-state index is -1.17. The summed E-state index contributed by atoms with van der Waals surface area (Å²) in [5.74, 6) is 0.408. The summed E-state index contributed by atoms with van der Waals surface area (Å²) in [6, 6.07) is 16.6. The molecule has 3 aromatic carbocycles. The van der Waals surface area contributed by atoms with Crippen LogP contribution in [0.2, 0.25) is 0 Å². The number of esters is 1. The molecule has 2 heterocycles. The molecule has 9 heteroatoms. The monoisotopic (exact) mass is 448 g/mol. The van der Waals surface area contributed by atoms with Crippen LogP contribution in [0, 0.1) is 0 Å². The van der Waals surface area contributed by atoms with Gasteiger partial charge in [-0.15, -0.1) is 0 Å². The Morgan fingerprint density at radius 3 is 1.90 bits per heavy atom. The Bertz CT molecular complexity index is 1240. The summed E-state index contributed by atoms with van der Waals surface area (Å²) in [7, 11) is 0. The van der Waals surface area contributed by atoms with Crippen LogP contribution in [0.1, 0.15) is 27.0 Å². The van der Waals surface area contributed by atoms with Crippen molar-refractivity contribution in [1.29, 1.82) is 0 Å². The predicted octanol–water partition coefficient (Wildman–Crippen LogP) is 4.77. The van der Waals surface area contributed by atoms with E-state index in [1.54, 1.807) is 24.3 Å². The lowest BCUT2D eigenvalue weighted by Gasteiger charge is -2.36. The van der Waals surface area contributed by atoms with Gasteiger partial charge >= 0.3 is 5.97 Å². The zero-order valence-corrected chi connectivity index (χ0v) is 17.2. The average molecular weight is 448 g/mol. The Balaban J connectivity index is 0.000000342. The Hall–Kier alpha value is -3.87. The second-order valence-electron chi connectivity index (χ2n) is 6.46. The topological polar surface area (TPSA) is 101 Å². The number of carbonyl (C=O) groups is 1. The molecule has 0 saturated carbocycles. The first-order valence-corrected chi connectivity index (χ1v) is 9.64. The highest BCUT2D eigenvalue weighted by atomic mass is 32.1. The van der Waals surface area contributed by atoms with Gasteiger partial charge in [-0.2, -0.15) is 0 Å². The van der Waals surface area contributed by atoms with Gasteiger partial charge in [0.15, 0.2) is 5.60 Å². The number of fused-ring (bicyclic) bond motifs is 6. The molecular formula is C22H12N2O5S2. The number of hydrogen-bond donors (Lipinski definition) is 2. The standard InChI is InChI=1S/C20H12O5.C2N2S2/c21-11-5-7-15-17(9-11)24-18-10-12(22)6-8-16(18)20(15)14-4-2-1-3-13(14)19(23)25-20;5-1-3-4-2-6/h1-10,21-22H;. The Morgan fingerprint density at radius 2 is 1.35 bits per heavy atom. The van der Waals surface area contributed by atoms with E-state index in [0.717, 1.165) is 0 Å². The molecule has 31 heavy (non-hydrogen) atoms. The molecule has 2 aliphatic heterocycles. The third-order valence-electron chi connectivity index (χ3n) is 4.81. The number of aromatic hydroxyl groups is 2. The van der Waals surface area contributed by atoms with Crippen molar-refractivity contribution in [3.05, 3.63) is 82.9 Å². The van der Waals surface area contributed by atoms with Crippen LogP contribution in [0.25, 0.3) is 0 Å². The third kappa shape index (κ3) is 3.38. The van der Waals surface area contributed by atoms with Gasteiger partial charge in [0.25, 0.3) is 0 Å². The fraction of sp³-hybridized carbons (Fsp3) is 0.0455. The molecule has 7 nitrogen and oxygen atoms in total. The zero-order chi connectivity index (χ0) is 22.0. The highest BCUT2D eigenvalue weighted by Crippen LogP contribution is 2.56. The average Bonchev–Trinajstić information content (AvgIpc) is 3.05. The van der Waals surface area contributed by atoms with Gasteiger partial charge in [-0.3, -0.25) is 0 Å². The van der Waals surface area contributed by atoms with E-state index >= 15 is 0 Å². The normalized spacial score (nSPS) is 13.6. The fourth-order valence-electron chi connectivity index (χ4n) is 3.69. The Morgan fingerprint density at radius 1 is 0.806 bits per heavy atom. The first kappa shape index (κ1) is 20.4. The second kappa shape index (κ2) is 8.10. The van der Waals surface area contributed by atoms with Gasteiger partial charge in [0.05, 0.1) is 15.9 Å². The molecule has 2 N–H and O–H groups in total. The van der Waals surface area contributed by atoms with Crippen molar-refractivity contribution in [2.45, 2.75) is 5.60 Å². The van der Waals surface area contributed by atoms with Crippen LogP contribution in [0.4, 0.5) is 0 Å². The number of isothiocyanates is 2. The van der Waals surface area contributed by atoms with Crippen molar-refractivity contribution in [3.8, 4) is 23.0 Å². The van der Waals surface area contributed by atoms with Crippen molar-refractivity contribution in [3.63, 3.8) is 0 Å². The van der Waals surface area contributed by atoms with E-state index in [0.29, 0.717) is 33.8 Å². The van der Waals surface area contributed by atoms with Gasteiger partial charge in [0, 0.05) is 28.8 Å². The highest BCUT2D eigenvalue weighted by molar-refractivity contribution is 7.78. The van der Waals surface area contributed by atoms with Crippen molar-refractivity contribution >= 4 is 40.7 Å². The van der Waals surface area contributed by atoms with E-state index in [9.17, 15) is 15.0 Å². The third-order valence-corrected chi connectivity index (χ3v) is 4.98. The highest BCUT2D eigenvalue weighted by Gasteiger charge is 2.53. The summed E-state index contributed by atoms with van der Waals surface area (Å²) in [4.78, 5) is 12.5. The molecule has 0 aromatic heterocycles. The number of carbonyl (C=O) groups excluding carboxylic acids is 1. The minimum absolute atomic E-state index is 0.0371. The maximum atomic E-state index is 12.5. The fourth-order valence-corrected chi connectivity index (χ4v) is 3.78. The number of ether oxygens (including phenoxy) is 2. The molecule has 3 aromatic rings. The summed E-state index contributed by atoms with van der Waals surface area (Å²) in [6.45, 7) is 0. The van der Waals surface area contributed by atoms with Gasteiger partial charge in [-0.25, -0.2) is 4.79 Å². The van der Waals surface area contributed by atoms with Crippen LogP contribution in [0.5, 0.6) is 23.0 Å². The molecule has 2 aliphatic rings. The molecule has 0 radical (unpaired) electrons. The summed E-state index contributed by atoms with van der Waals surface area (Å²) in [6.07, 6.45) is 0. The summed E-state index contributed by atoms with van der Waals surface area (Å²) in [5.41, 5.74) is 1.28. The van der Waals surface area contributed by atoms with Crippen LogP contribution >= 0.6 is 24.4 Å². The van der Waals surface area contributed by atoms with E-state index in [1.807, 2.05) is 22.5 Å². The lowest BCUT2D eigenvalue weighted by Crippen LogP contribution is -2.32. The maximum absolute atomic E-state index is 12.5. The van der Waals surface area contributed by atoms with Crippen LogP contribution in [-0.2, 0) is 10.3 Å². The summed E-state index contributed by atoms with van der Waals surface area (Å²) >= 11 is 8.24. The molecule has 0 bridgehead atoms. The number of nitrogens with zero attached hydrogens (tertiary/aromatic N) is 2. The van der Waals surface area contributed by atoms with E-state index in [4.69, 9.17) is 9.47 Å². The quantitative estimate of drug-likeness (QED) is 0.239. The van der Waals surface area contributed by atoms with Crippen LogP contribution < -0.4 is 4.74 Å². The summed E-state index contributed by atoms with van der Waals surface area (Å²) < 4.78 is 11.8. The number of benzene rings is 3. The van der Waals surface area contributed by atoms with E-state index in [2.05, 4.69) is 34.6 Å². The number of rotatable bonds is 1. The second-order valence-corrected chi connectivity index (χ2v) is 6.83. The van der Waals surface area contributed by atoms with Crippen LogP contribution in [0.15, 0.2) is 70.9 Å². The van der Waals surface area contributed by atoms with Crippen molar-refractivity contribution in [2.24, 2.45) is 10.2 Å². The smallest absolute Gasteiger partial charge is 0.340 e. The van der Waals surface area contributed by atoms with Crippen molar-refractivity contribution < 1.29 is 24.5 Å². The molecule has 0 fully saturated rings. The largest absolute Gasteiger partial charge is 0.508 e. The van der Waals surface area contributed by atoms with Crippen molar-refractivity contribution in [1.82, 2.24) is 0 Å². The van der Waals surface area contributed by atoms with E-state index in [-0.39, 0.29) is 11.5 Å². The zero-order valence-electron chi connectivity index (χ0n) is 15.6. The molecule has 0 saturated heterocycles. The molecule has 0 unspecified atom stereocenters. The molecule has 1 spiro atoms. The van der Waals surface area contributed by atoms with Gasteiger partial charge < -0.3 is 19.7 Å². The molecule has 152 valence electrons. The van der Waals surface area contributed by atoms with Gasteiger partial charge in [0.1, 0.15) is 23.0 Å². The summed E-state index contributed by atoms with van der Waals surface area (Å²) in [5, 5.41) is 29.8. The maximum Gasteiger partial charge on any atom is 0.340 e. The van der Waals surface area contributed by atoms with Crippen LogP contribution in [-0.4, -0.2) is 26.5 Å². The lowest BCUT2D eigenvalue weighted by atomic mass is 9.77. The molecular weight excluding hydrogens is 436 g/mol. The first-order valence-electron chi connectivity index (χ1n) is 8.83.